The van der Waals surface area contributed by atoms with Gasteiger partial charge in [-0.3, -0.25) is 9.48 Å². The molecule has 0 saturated carbocycles. The predicted molar refractivity (Wildman–Crippen MR) is 116 cm³/mol. The summed E-state index contributed by atoms with van der Waals surface area (Å²) in [6.07, 6.45) is 3.05. The molecule has 0 spiro atoms. The van der Waals surface area contributed by atoms with Gasteiger partial charge in [0.2, 0.25) is 15.9 Å². The fourth-order valence-electron chi connectivity index (χ4n) is 3.66. The Morgan fingerprint density at radius 2 is 1.86 bits per heavy atom. The van der Waals surface area contributed by atoms with E-state index < -0.39 is 10.0 Å². The van der Waals surface area contributed by atoms with Gasteiger partial charge in [0.05, 0.1) is 17.9 Å². The number of nitrogens with zero attached hydrogens (tertiary/aromatic N) is 3. The second-order valence-electron chi connectivity index (χ2n) is 7.45. The van der Waals surface area contributed by atoms with Crippen LogP contribution in [0.4, 0.5) is 5.69 Å². The second-order valence-corrected chi connectivity index (χ2v) is 10.2. The van der Waals surface area contributed by atoms with Crippen molar-refractivity contribution in [1.82, 2.24) is 14.1 Å². The van der Waals surface area contributed by atoms with Crippen molar-refractivity contribution in [3.63, 3.8) is 0 Å². The Balaban J connectivity index is 1.69. The highest BCUT2D eigenvalue weighted by atomic mass is 79.9. The van der Waals surface area contributed by atoms with Gasteiger partial charge in [0.1, 0.15) is 4.90 Å². The van der Waals surface area contributed by atoms with Gasteiger partial charge in [-0.1, -0.05) is 22.4 Å². The van der Waals surface area contributed by atoms with Crippen LogP contribution < -0.4 is 5.32 Å². The summed E-state index contributed by atoms with van der Waals surface area (Å²) in [7, 11) is -3.55. The first-order chi connectivity index (χ1) is 13.7. The molecule has 2 aromatic rings. The Kier molecular flexibility index (Phi) is 6.80. The number of nitrogens with one attached hydrogen (secondary N) is 1. The first kappa shape index (κ1) is 22.0. The minimum absolute atomic E-state index is 0.139. The molecule has 9 heteroatoms. The van der Waals surface area contributed by atoms with Crippen LogP contribution in [0.1, 0.15) is 42.6 Å². The van der Waals surface area contributed by atoms with Crippen LogP contribution in [0.5, 0.6) is 0 Å². The van der Waals surface area contributed by atoms with Crippen molar-refractivity contribution in [3.05, 3.63) is 39.6 Å². The maximum absolute atomic E-state index is 13.1. The van der Waals surface area contributed by atoms with E-state index in [1.165, 1.54) is 0 Å². The third kappa shape index (κ3) is 4.90. The Hall–Kier alpha value is -1.71. The second kappa shape index (κ2) is 8.97. The van der Waals surface area contributed by atoms with E-state index in [1.807, 2.05) is 25.1 Å². The van der Waals surface area contributed by atoms with E-state index in [2.05, 4.69) is 26.3 Å². The quantitative estimate of drug-likeness (QED) is 0.678. The molecule has 1 fully saturated rings. The Morgan fingerprint density at radius 3 is 2.52 bits per heavy atom. The molecular formula is C20H27BrN4O3S. The number of piperidine rings is 1. The molecule has 0 atom stereocenters. The summed E-state index contributed by atoms with van der Waals surface area (Å²) in [5.74, 6) is -0.139. The maximum Gasteiger partial charge on any atom is 0.246 e. The summed E-state index contributed by atoms with van der Waals surface area (Å²) in [5, 5.41) is 7.28. The third-order valence-corrected chi connectivity index (χ3v) is 8.26. The lowest BCUT2D eigenvalue weighted by molar-refractivity contribution is -0.116. The van der Waals surface area contributed by atoms with Gasteiger partial charge in [0, 0.05) is 29.7 Å². The number of benzene rings is 1. The van der Waals surface area contributed by atoms with E-state index in [1.54, 1.807) is 22.8 Å². The zero-order chi connectivity index (χ0) is 21.2. The highest BCUT2D eigenvalue weighted by Gasteiger charge is 2.31. The number of amides is 1. The molecule has 1 aromatic carbocycles. The van der Waals surface area contributed by atoms with Crippen molar-refractivity contribution in [2.75, 3.05) is 18.4 Å². The minimum atomic E-state index is -3.55. The molecule has 2 heterocycles. The predicted octanol–water partition coefficient (Wildman–Crippen LogP) is 3.77. The van der Waals surface area contributed by atoms with Crippen molar-refractivity contribution < 1.29 is 13.2 Å². The molecule has 0 aliphatic carbocycles. The monoisotopic (exact) mass is 482 g/mol. The number of halogens is 1. The summed E-state index contributed by atoms with van der Waals surface area (Å²) >= 11 is 3.44. The lowest BCUT2D eigenvalue weighted by Gasteiger charge is -2.26. The third-order valence-electron chi connectivity index (χ3n) is 5.22. The van der Waals surface area contributed by atoms with Crippen molar-refractivity contribution >= 4 is 37.5 Å². The first-order valence-corrected chi connectivity index (χ1v) is 12.0. The molecule has 0 radical (unpaired) electrons. The van der Waals surface area contributed by atoms with Crippen LogP contribution in [-0.2, 0) is 21.4 Å². The van der Waals surface area contributed by atoms with E-state index >= 15 is 0 Å². The number of hydrogen-bond acceptors (Lipinski definition) is 4. The highest BCUT2D eigenvalue weighted by molar-refractivity contribution is 9.10. The van der Waals surface area contributed by atoms with E-state index in [0.29, 0.717) is 31.0 Å². The number of rotatable bonds is 6. The molecule has 1 saturated heterocycles. The number of carbonyl (C=O) groups excluding carboxylic acids is 1. The van der Waals surface area contributed by atoms with E-state index in [9.17, 15) is 13.2 Å². The lowest BCUT2D eigenvalue weighted by Crippen LogP contribution is -2.36. The zero-order valence-electron chi connectivity index (χ0n) is 17.0. The summed E-state index contributed by atoms with van der Waals surface area (Å²) in [6, 6.07) is 5.62. The number of aryl methyl sites for hydroxylation is 3. The van der Waals surface area contributed by atoms with Crippen LogP contribution in [-0.4, -0.2) is 41.5 Å². The van der Waals surface area contributed by atoms with Crippen LogP contribution in [0.3, 0.4) is 0 Å². The van der Waals surface area contributed by atoms with Crippen molar-refractivity contribution in [1.29, 1.82) is 0 Å². The van der Waals surface area contributed by atoms with Gasteiger partial charge in [0.15, 0.2) is 0 Å². The van der Waals surface area contributed by atoms with E-state index in [-0.39, 0.29) is 17.2 Å². The molecule has 1 aliphatic rings. The molecule has 1 amide bonds. The Labute approximate surface area is 180 Å². The number of sulfonamides is 1. The molecule has 0 unspecified atom stereocenters. The van der Waals surface area contributed by atoms with E-state index in [4.69, 9.17) is 0 Å². The lowest BCUT2D eigenvalue weighted by atomic mass is 10.2. The zero-order valence-corrected chi connectivity index (χ0v) is 19.4. The summed E-state index contributed by atoms with van der Waals surface area (Å²) in [6.45, 7) is 6.87. The average Bonchev–Trinajstić information content (AvgIpc) is 2.97. The maximum atomic E-state index is 13.1. The number of anilines is 1. The molecule has 1 aliphatic heterocycles. The smallest absolute Gasteiger partial charge is 0.246 e. The standard InChI is InChI=1S/C20H27BrN4O3S/c1-14-13-17(7-8-18(14)21)22-19(26)9-12-25-16(3)20(15(2)23-25)29(27,28)24-10-5-4-6-11-24/h7-8,13H,4-6,9-12H2,1-3H3,(H,22,26). The normalized spacial score (nSPS) is 15.4. The van der Waals surface area contributed by atoms with Crippen LogP contribution >= 0.6 is 15.9 Å². The molecule has 158 valence electrons. The van der Waals surface area contributed by atoms with Gasteiger partial charge in [-0.25, -0.2) is 8.42 Å². The number of hydrogen-bond donors (Lipinski definition) is 1. The van der Waals surface area contributed by atoms with Crippen LogP contribution in [0.25, 0.3) is 0 Å². The van der Waals surface area contributed by atoms with Gasteiger partial charge in [-0.15, -0.1) is 0 Å². The van der Waals surface area contributed by atoms with Crippen molar-refractivity contribution in [3.8, 4) is 0 Å². The summed E-state index contributed by atoms with van der Waals surface area (Å²) in [5.41, 5.74) is 2.84. The molecule has 7 nitrogen and oxygen atoms in total. The van der Waals surface area contributed by atoms with Gasteiger partial charge >= 0.3 is 0 Å². The molecule has 1 aromatic heterocycles. The van der Waals surface area contributed by atoms with Crippen molar-refractivity contribution in [2.45, 2.75) is 57.9 Å². The molecule has 29 heavy (non-hydrogen) atoms. The number of aromatic nitrogens is 2. The number of carbonyl (C=O) groups is 1. The summed E-state index contributed by atoms with van der Waals surface area (Å²) < 4.78 is 30.3. The average molecular weight is 483 g/mol. The van der Waals surface area contributed by atoms with Crippen LogP contribution in [0.15, 0.2) is 27.6 Å². The van der Waals surface area contributed by atoms with Crippen LogP contribution in [0, 0.1) is 20.8 Å². The topological polar surface area (TPSA) is 84.3 Å². The van der Waals surface area contributed by atoms with Gasteiger partial charge in [0.25, 0.3) is 0 Å². The highest BCUT2D eigenvalue weighted by Crippen LogP contribution is 2.26. The van der Waals surface area contributed by atoms with Crippen LogP contribution in [0.2, 0.25) is 0 Å². The molecule has 1 N–H and O–H groups in total. The van der Waals surface area contributed by atoms with E-state index in [0.717, 1.165) is 35.0 Å². The molecule has 0 bridgehead atoms. The fourth-order valence-corrected chi connectivity index (χ4v) is 5.80. The van der Waals surface area contributed by atoms with Gasteiger partial charge in [-0.2, -0.15) is 9.40 Å². The van der Waals surface area contributed by atoms with Gasteiger partial charge in [-0.05, 0) is 57.4 Å². The Bertz CT molecular complexity index is 1010. The SMILES string of the molecule is Cc1cc(NC(=O)CCn2nc(C)c(S(=O)(=O)N3CCCCC3)c2C)ccc1Br. The van der Waals surface area contributed by atoms with Gasteiger partial charge < -0.3 is 5.32 Å². The first-order valence-electron chi connectivity index (χ1n) is 9.80. The fraction of sp³-hybridized carbons (Fsp3) is 0.500. The molecule has 3 rings (SSSR count). The summed E-state index contributed by atoms with van der Waals surface area (Å²) in [4.78, 5) is 12.6. The minimum Gasteiger partial charge on any atom is -0.326 e. The van der Waals surface area contributed by atoms with Crippen molar-refractivity contribution in [2.24, 2.45) is 0 Å². The molecular weight excluding hydrogens is 456 g/mol. The Morgan fingerprint density at radius 1 is 1.17 bits per heavy atom. The largest absolute Gasteiger partial charge is 0.326 e.